The van der Waals surface area contributed by atoms with Crippen LogP contribution in [0, 0.1) is 0 Å². The lowest BCUT2D eigenvalue weighted by atomic mass is 9.95. The van der Waals surface area contributed by atoms with Gasteiger partial charge < -0.3 is 10.6 Å². The van der Waals surface area contributed by atoms with Crippen LogP contribution in [-0.2, 0) is 11.2 Å². The van der Waals surface area contributed by atoms with E-state index >= 15 is 0 Å². The first kappa shape index (κ1) is 14.1. The second-order valence-electron chi connectivity index (χ2n) is 5.71. The zero-order valence-corrected chi connectivity index (χ0v) is 12.0. The van der Waals surface area contributed by atoms with Gasteiger partial charge in [0, 0.05) is 12.2 Å². The molecule has 1 aliphatic heterocycles. The molecule has 0 spiro atoms. The smallest absolute Gasteiger partial charge is 0.246 e. The molecule has 0 aliphatic carbocycles. The second-order valence-corrected chi connectivity index (χ2v) is 5.71. The van der Waals surface area contributed by atoms with Crippen molar-refractivity contribution < 1.29 is 4.79 Å². The quantitative estimate of drug-likeness (QED) is 0.908. The van der Waals surface area contributed by atoms with Crippen LogP contribution in [0.5, 0.6) is 0 Å². The molecule has 1 amide bonds. The maximum Gasteiger partial charge on any atom is 0.246 e. The fourth-order valence-electron chi connectivity index (χ4n) is 2.84. The summed E-state index contributed by atoms with van der Waals surface area (Å²) in [5.41, 5.74) is 7.78. The van der Waals surface area contributed by atoms with Gasteiger partial charge in [0.05, 0.1) is 5.54 Å². The van der Waals surface area contributed by atoms with Crippen molar-refractivity contribution in [2.45, 2.75) is 51.5 Å². The van der Waals surface area contributed by atoms with Crippen molar-refractivity contribution in [3.05, 3.63) is 29.8 Å². The van der Waals surface area contributed by atoms with Gasteiger partial charge in [-0.3, -0.25) is 4.79 Å². The second kappa shape index (κ2) is 5.74. The minimum absolute atomic E-state index is 0.0590. The molecule has 0 radical (unpaired) electrons. The van der Waals surface area contributed by atoms with Crippen LogP contribution in [0.25, 0.3) is 0 Å². The Morgan fingerprint density at radius 3 is 2.84 bits per heavy atom. The summed E-state index contributed by atoms with van der Waals surface area (Å²) in [6.07, 6.45) is 4.88. The average molecular weight is 260 g/mol. The van der Waals surface area contributed by atoms with Crippen molar-refractivity contribution in [2.75, 3.05) is 11.4 Å². The molecule has 1 aromatic rings. The summed E-state index contributed by atoms with van der Waals surface area (Å²) in [7, 11) is 0. The highest BCUT2D eigenvalue weighted by molar-refractivity contribution is 6.00. The van der Waals surface area contributed by atoms with E-state index in [0.717, 1.165) is 44.3 Å². The number of nitrogens with two attached hydrogens (primary N) is 1. The van der Waals surface area contributed by atoms with E-state index in [-0.39, 0.29) is 5.91 Å². The van der Waals surface area contributed by atoms with Crippen molar-refractivity contribution in [1.29, 1.82) is 0 Å². The third kappa shape index (κ3) is 2.98. The zero-order chi connectivity index (χ0) is 13.9. The van der Waals surface area contributed by atoms with E-state index in [0.29, 0.717) is 0 Å². The van der Waals surface area contributed by atoms with Crippen LogP contribution in [0.3, 0.4) is 0 Å². The Labute approximate surface area is 115 Å². The average Bonchev–Trinajstić information content (AvgIpc) is 2.60. The van der Waals surface area contributed by atoms with Gasteiger partial charge in [0.15, 0.2) is 0 Å². The molecule has 1 unspecified atom stereocenters. The first-order chi connectivity index (χ1) is 9.06. The minimum Gasteiger partial charge on any atom is -0.318 e. The lowest BCUT2D eigenvalue weighted by Gasteiger charge is -2.32. The Kier molecular flexibility index (Phi) is 4.25. The van der Waals surface area contributed by atoms with Crippen LogP contribution in [0.1, 0.15) is 45.1 Å². The van der Waals surface area contributed by atoms with Crippen LogP contribution < -0.4 is 10.6 Å². The zero-order valence-electron chi connectivity index (χ0n) is 12.0. The van der Waals surface area contributed by atoms with E-state index in [1.54, 1.807) is 0 Å². The lowest BCUT2D eigenvalue weighted by Crippen LogP contribution is -2.53. The highest BCUT2D eigenvalue weighted by Gasteiger charge is 2.33. The monoisotopic (exact) mass is 260 g/mol. The Bertz CT molecular complexity index is 454. The van der Waals surface area contributed by atoms with Gasteiger partial charge in [0.2, 0.25) is 5.91 Å². The van der Waals surface area contributed by atoms with Crippen LogP contribution in [0.4, 0.5) is 5.69 Å². The SMILES string of the molecule is CCCC(C)(N)C(=O)N1CCCCc2ccccc21. The number of anilines is 1. The number of nitrogens with zero attached hydrogens (tertiary/aromatic N) is 1. The standard InChI is InChI=1S/C16H24N2O/c1-3-11-16(2,17)15(19)18-12-7-6-9-13-8-4-5-10-14(13)18/h4-5,8,10H,3,6-7,9,11-12,17H2,1-2H3. The summed E-state index contributed by atoms with van der Waals surface area (Å²) in [4.78, 5) is 14.6. The van der Waals surface area contributed by atoms with E-state index in [2.05, 4.69) is 13.0 Å². The molecule has 2 rings (SSSR count). The first-order valence-corrected chi connectivity index (χ1v) is 7.25. The number of rotatable bonds is 3. The molecule has 104 valence electrons. The van der Waals surface area contributed by atoms with E-state index in [4.69, 9.17) is 5.73 Å². The fraction of sp³-hybridized carbons (Fsp3) is 0.562. The molecule has 19 heavy (non-hydrogen) atoms. The number of amides is 1. The number of hydrogen-bond donors (Lipinski definition) is 1. The molecule has 1 aromatic carbocycles. The molecule has 0 saturated heterocycles. The molecule has 0 saturated carbocycles. The summed E-state index contributed by atoms with van der Waals surface area (Å²) in [6, 6.07) is 8.20. The normalized spacial score (nSPS) is 18.4. The first-order valence-electron chi connectivity index (χ1n) is 7.25. The number of carbonyl (C=O) groups excluding carboxylic acids is 1. The lowest BCUT2D eigenvalue weighted by molar-refractivity contribution is -0.123. The number of para-hydroxylation sites is 1. The number of fused-ring (bicyclic) bond motifs is 1. The Morgan fingerprint density at radius 1 is 1.37 bits per heavy atom. The Balaban J connectivity index is 2.32. The van der Waals surface area contributed by atoms with Crippen molar-refractivity contribution in [1.82, 2.24) is 0 Å². The summed E-state index contributed by atoms with van der Waals surface area (Å²) in [5, 5.41) is 0. The molecule has 1 aliphatic rings. The van der Waals surface area contributed by atoms with Gasteiger partial charge >= 0.3 is 0 Å². The molecule has 0 aromatic heterocycles. The molecule has 2 N–H and O–H groups in total. The van der Waals surface area contributed by atoms with Gasteiger partial charge in [0.25, 0.3) is 0 Å². The topological polar surface area (TPSA) is 46.3 Å². The summed E-state index contributed by atoms with van der Waals surface area (Å²) >= 11 is 0. The molecule has 3 heteroatoms. The molecule has 0 bridgehead atoms. The third-order valence-electron chi connectivity index (χ3n) is 3.86. The van der Waals surface area contributed by atoms with E-state index < -0.39 is 5.54 Å². The molecule has 0 fully saturated rings. The Hall–Kier alpha value is -1.35. The molecular weight excluding hydrogens is 236 g/mol. The van der Waals surface area contributed by atoms with Gasteiger partial charge in [-0.25, -0.2) is 0 Å². The maximum atomic E-state index is 12.7. The molecule has 1 heterocycles. The predicted molar refractivity (Wildman–Crippen MR) is 79.2 cm³/mol. The van der Waals surface area contributed by atoms with E-state index in [1.165, 1.54) is 5.56 Å². The number of hydrogen-bond acceptors (Lipinski definition) is 2. The predicted octanol–water partition coefficient (Wildman–Crippen LogP) is 2.87. The molecular formula is C16H24N2O. The molecule has 1 atom stereocenters. The fourth-order valence-corrected chi connectivity index (χ4v) is 2.84. The van der Waals surface area contributed by atoms with Crippen molar-refractivity contribution in [3.8, 4) is 0 Å². The summed E-state index contributed by atoms with van der Waals surface area (Å²) in [5.74, 6) is 0.0590. The van der Waals surface area contributed by atoms with Gasteiger partial charge in [-0.2, -0.15) is 0 Å². The van der Waals surface area contributed by atoms with E-state index in [1.807, 2.05) is 30.0 Å². The molecule has 3 nitrogen and oxygen atoms in total. The summed E-state index contributed by atoms with van der Waals surface area (Å²) < 4.78 is 0. The number of benzene rings is 1. The third-order valence-corrected chi connectivity index (χ3v) is 3.86. The van der Waals surface area contributed by atoms with Gasteiger partial charge in [0.1, 0.15) is 0 Å². The minimum atomic E-state index is -0.758. The van der Waals surface area contributed by atoms with E-state index in [9.17, 15) is 4.79 Å². The van der Waals surface area contributed by atoms with Crippen LogP contribution in [-0.4, -0.2) is 18.0 Å². The van der Waals surface area contributed by atoms with Crippen LogP contribution in [0.2, 0.25) is 0 Å². The highest BCUT2D eigenvalue weighted by Crippen LogP contribution is 2.28. The number of carbonyl (C=O) groups is 1. The van der Waals surface area contributed by atoms with Crippen LogP contribution in [0.15, 0.2) is 24.3 Å². The van der Waals surface area contributed by atoms with Crippen molar-refractivity contribution in [2.24, 2.45) is 5.73 Å². The maximum absolute atomic E-state index is 12.7. The van der Waals surface area contributed by atoms with Gasteiger partial charge in [-0.15, -0.1) is 0 Å². The van der Waals surface area contributed by atoms with Gasteiger partial charge in [-0.05, 0) is 44.2 Å². The van der Waals surface area contributed by atoms with Crippen LogP contribution >= 0.6 is 0 Å². The van der Waals surface area contributed by atoms with Gasteiger partial charge in [-0.1, -0.05) is 31.5 Å². The highest BCUT2D eigenvalue weighted by atomic mass is 16.2. The van der Waals surface area contributed by atoms with Crippen molar-refractivity contribution in [3.63, 3.8) is 0 Å². The Morgan fingerprint density at radius 2 is 2.11 bits per heavy atom. The summed E-state index contributed by atoms with van der Waals surface area (Å²) in [6.45, 7) is 4.70. The largest absolute Gasteiger partial charge is 0.318 e. The number of aryl methyl sites for hydroxylation is 1. The van der Waals surface area contributed by atoms with Crippen molar-refractivity contribution >= 4 is 11.6 Å².